The molecule has 0 nitrogen and oxygen atoms in total. The van der Waals surface area contributed by atoms with Crippen molar-refractivity contribution < 1.29 is 0 Å². The summed E-state index contributed by atoms with van der Waals surface area (Å²) >= 11 is 14.5. The second kappa shape index (κ2) is 4.78. The zero-order valence-corrected chi connectivity index (χ0v) is 14.7. The van der Waals surface area contributed by atoms with Crippen molar-refractivity contribution in [2.75, 3.05) is 0 Å². The number of fused-ring (bicyclic) bond motifs is 1. The predicted octanol–water partition coefficient (Wildman–Crippen LogP) is 6.92. The van der Waals surface area contributed by atoms with Crippen LogP contribution in [0.25, 0.3) is 19.8 Å². The van der Waals surface area contributed by atoms with E-state index in [-0.39, 0.29) is 0 Å². The summed E-state index contributed by atoms with van der Waals surface area (Å²) in [7, 11) is 0. The molecule has 0 bridgehead atoms. The van der Waals surface area contributed by atoms with Crippen LogP contribution in [0.3, 0.4) is 0 Å². The number of rotatable bonds is 1. The predicted molar refractivity (Wildman–Crippen MR) is 88.2 cm³/mol. The summed E-state index contributed by atoms with van der Waals surface area (Å²) in [5.74, 6) is 0. The number of halogens is 3. The van der Waals surface area contributed by atoms with Gasteiger partial charge in [0.1, 0.15) is 0 Å². The Kier molecular flexibility index (Phi) is 3.47. The average molecular weight is 453 g/mol. The Balaban J connectivity index is 2.29. The molecule has 17 heavy (non-hydrogen) atoms. The highest BCUT2D eigenvalue weighted by Gasteiger charge is 2.17. The van der Waals surface area contributed by atoms with Gasteiger partial charge in [-0.25, -0.2) is 0 Å². The molecule has 0 atom stereocenters. The third-order valence-corrected chi connectivity index (χ3v) is 8.84. The largest absolute Gasteiger partial charge is 0.132 e. The molecule has 2 heterocycles. The van der Waals surface area contributed by atoms with Gasteiger partial charge in [-0.1, -0.05) is 30.3 Å². The molecule has 0 aliphatic heterocycles. The summed E-state index contributed by atoms with van der Waals surface area (Å²) in [5.41, 5.74) is 1.26. The van der Waals surface area contributed by atoms with E-state index in [1.807, 2.05) is 17.4 Å². The van der Waals surface area contributed by atoms with Crippen molar-refractivity contribution in [3.63, 3.8) is 0 Å². The van der Waals surface area contributed by atoms with Crippen LogP contribution in [-0.2, 0) is 0 Å². The SMILES string of the molecule is Brc1sc2c(Br)c(-c3ccccc3)sc2c1Br. The van der Waals surface area contributed by atoms with Crippen LogP contribution >= 0.6 is 70.5 Å². The highest BCUT2D eigenvalue weighted by atomic mass is 79.9. The van der Waals surface area contributed by atoms with Crippen LogP contribution in [0.4, 0.5) is 0 Å². The monoisotopic (exact) mass is 450 g/mol. The average Bonchev–Trinajstić information content (AvgIpc) is 2.81. The molecule has 2 aromatic heterocycles. The van der Waals surface area contributed by atoms with Crippen LogP contribution < -0.4 is 0 Å². The highest BCUT2D eigenvalue weighted by molar-refractivity contribution is 9.13. The zero-order chi connectivity index (χ0) is 12.0. The Labute approximate surface area is 132 Å². The number of hydrogen-bond donors (Lipinski definition) is 0. The van der Waals surface area contributed by atoms with E-state index in [9.17, 15) is 0 Å². The third kappa shape index (κ3) is 2.06. The fourth-order valence-electron chi connectivity index (χ4n) is 1.63. The molecule has 86 valence electrons. The van der Waals surface area contributed by atoms with Crippen LogP contribution in [0.1, 0.15) is 0 Å². The van der Waals surface area contributed by atoms with Crippen LogP contribution in [-0.4, -0.2) is 0 Å². The molecule has 0 amide bonds. The maximum absolute atomic E-state index is 3.72. The molecule has 0 fully saturated rings. The fraction of sp³-hybridized carbons (Fsp3) is 0. The van der Waals surface area contributed by atoms with Gasteiger partial charge in [-0.3, -0.25) is 0 Å². The van der Waals surface area contributed by atoms with Gasteiger partial charge in [0.25, 0.3) is 0 Å². The van der Waals surface area contributed by atoms with E-state index in [4.69, 9.17) is 0 Å². The van der Waals surface area contributed by atoms with E-state index in [1.165, 1.54) is 24.3 Å². The first-order chi connectivity index (χ1) is 8.18. The summed E-state index contributed by atoms with van der Waals surface area (Å²) in [6.45, 7) is 0. The Morgan fingerprint density at radius 1 is 0.765 bits per heavy atom. The molecular weight excluding hydrogens is 448 g/mol. The third-order valence-electron chi connectivity index (χ3n) is 2.41. The lowest BCUT2D eigenvalue weighted by Gasteiger charge is -1.97. The fourth-order valence-corrected chi connectivity index (χ4v) is 6.48. The van der Waals surface area contributed by atoms with Gasteiger partial charge in [0, 0.05) is 0 Å². The summed E-state index contributed by atoms with van der Waals surface area (Å²) < 4.78 is 6.10. The van der Waals surface area contributed by atoms with Crippen molar-refractivity contribution in [3.05, 3.63) is 43.1 Å². The lowest BCUT2D eigenvalue weighted by Crippen LogP contribution is -1.70. The van der Waals surface area contributed by atoms with Crippen LogP contribution in [0, 0.1) is 0 Å². The van der Waals surface area contributed by atoms with Crippen LogP contribution in [0.5, 0.6) is 0 Å². The standard InChI is InChI=1S/C12H5Br3S2/c13-7-9(6-4-2-1-3-5-6)16-11-8(14)12(15)17-10(7)11/h1-5H. The first-order valence-corrected chi connectivity index (χ1v) is 8.81. The van der Waals surface area contributed by atoms with Crippen molar-refractivity contribution in [1.82, 2.24) is 0 Å². The molecule has 0 saturated heterocycles. The summed E-state index contributed by atoms with van der Waals surface area (Å²) in [6.07, 6.45) is 0. The molecule has 0 N–H and O–H groups in total. The van der Waals surface area contributed by atoms with E-state index < -0.39 is 0 Å². The molecule has 1 aromatic carbocycles. The Morgan fingerprint density at radius 2 is 1.41 bits per heavy atom. The van der Waals surface area contributed by atoms with E-state index in [0.717, 1.165) is 8.26 Å². The summed E-state index contributed by atoms with van der Waals surface area (Å²) in [4.78, 5) is 1.29. The van der Waals surface area contributed by atoms with Gasteiger partial charge >= 0.3 is 0 Å². The van der Waals surface area contributed by atoms with Gasteiger partial charge in [0.15, 0.2) is 0 Å². The van der Waals surface area contributed by atoms with E-state index in [0.29, 0.717) is 0 Å². The van der Waals surface area contributed by atoms with Gasteiger partial charge in [0.2, 0.25) is 0 Å². The van der Waals surface area contributed by atoms with Crippen LogP contribution in [0.15, 0.2) is 43.1 Å². The molecule has 0 spiro atoms. The van der Waals surface area contributed by atoms with E-state index in [2.05, 4.69) is 72.1 Å². The molecule has 5 heteroatoms. The van der Waals surface area contributed by atoms with E-state index >= 15 is 0 Å². The number of benzene rings is 1. The normalized spacial score (nSPS) is 11.2. The van der Waals surface area contributed by atoms with Gasteiger partial charge in [0.05, 0.1) is 27.0 Å². The molecule has 0 aliphatic carbocycles. The molecule has 0 radical (unpaired) electrons. The van der Waals surface area contributed by atoms with Crippen LogP contribution in [0.2, 0.25) is 0 Å². The maximum atomic E-state index is 3.72. The van der Waals surface area contributed by atoms with Crippen molar-refractivity contribution in [2.45, 2.75) is 0 Å². The number of hydrogen-bond acceptors (Lipinski definition) is 2. The number of thiophene rings is 2. The summed E-state index contributed by atoms with van der Waals surface area (Å²) in [6, 6.07) is 10.5. The second-order valence-electron chi connectivity index (χ2n) is 3.46. The Hall–Kier alpha value is 0.320. The van der Waals surface area contributed by atoms with Gasteiger partial charge in [-0.2, -0.15) is 0 Å². The Bertz CT molecular complexity index is 683. The smallest absolute Gasteiger partial charge is 0.0862 e. The first-order valence-electron chi connectivity index (χ1n) is 4.79. The maximum Gasteiger partial charge on any atom is 0.0862 e. The zero-order valence-electron chi connectivity index (χ0n) is 8.34. The van der Waals surface area contributed by atoms with Crippen molar-refractivity contribution in [2.24, 2.45) is 0 Å². The molecule has 0 saturated carbocycles. The van der Waals surface area contributed by atoms with Crippen molar-refractivity contribution >= 4 is 79.9 Å². The highest BCUT2D eigenvalue weighted by Crippen LogP contribution is 2.51. The minimum Gasteiger partial charge on any atom is -0.132 e. The quantitative estimate of drug-likeness (QED) is 0.376. The van der Waals surface area contributed by atoms with Gasteiger partial charge in [-0.15, -0.1) is 22.7 Å². The lowest BCUT2D eigenvalue weighted by atomic mass is 10.2. The van der Waals surface area contributed by atoms with E-state index in [1.54, 1.807) is 11.3 Å². The van der Waals surface area contributed by atoms with Crippen molar-refractivity contribution in [3.8, 4) is 10.4 Å². The minimum absolute atomic E-state index is 1.15. The second-order valence-corrected chi connectivity index (χ2v) is 8.40. The summed E-state index contributed by atoms with van der Waals surface area (Å²) in [5, 5.41) is 0. The van der Waals surface area contributed by atoms with Gasteiger partial charge < -0.3 is 0 Å². The minimum atomic E-state index is 1.15. The molecule has 0 unspecified atom stereocenters. The molecule has 0 aliphatic rings. The first kappa shape index (κ1) is 12.4. The molecule has 3 rings (SSSR count). The van der Waals surface area contributed by atoms with Crippen molar-refractivity contribution in [1.29, 1.82) is 0 Å². The Morgan fingerprint density at radius 3 is 2.06 bits per heavy atom. The molecule has 3 aromatic rings. The topological polar surface area (TPSA) is 0 Å². The lowest BCUT2D eigenvalue weighted by molar-refractivity contribution is 1.69. The molecular formula is C12H5Br3S2. The van der Waals surface area contributed by atoms with Gasteiger partial charge in [-0.05, 0) is 53.4 Å².